The Balaban J connectivity index is 1.95. The molecule has 2 aromatic carbocycles. The van der Waals surface area contributed by atoms with E-state index in [0.717, 1.165) is 12.0 Å². The smallest absolute Gasteiger partial charge is 0.321 e. The number of amides is 4. The van der Waals surface area contributed by atoms with E-state index >= 15 is 0 Å². The summed E-state index contributed by atoms with van der Waals surface area (Å²) in [5, 5.41) is 10.7. The second-order valence-corrected chi connectivity index (χ2v) is 5.96. The molecule has 7 heteroatoms. The highest BCUT2D eigenvalue weighted by Crippen LogP contribution is 2.23. The van der Waals surface area contributed by atoms with Gasteiger partial charge in [0.15, 0.2) is 0 Å². The zero-order chi connectivity index (χ0) is 19.6. The van der Waals surface area contributed by atoms with Crippen molar-refractivity contribution in [2.24, 2.45) is 0 Å². The fraction of sp³-hybridized carbons (Fsp3) is 0.250. The number of urea groups is 1. The van der Waals surface area contributed by atoms with E-state index in [1.165, 1.54) is 0 Å². The molecule has 0 aliphatic heterocycles. The van der Waals surface area contributed by atoms with Crippen molar-refractivity contribution in [3.05, 3.63) is 59.7 Å². The second-order valence-electron chi connectivity index (χ2n) is 5.96. The van der Waals surface area contributed by atoms with Gasteiger partial charge in [-0.1, -0.05) is 31.2 Å². The molecule has 0 aliphatic rings. The van der Waals surface area contributed by atoms with Crippen molar-refractivity contribution >= 4 is 29.2 Å². The zero-order valence-corrected chi connectivity index (χ0v) is 15.5. The van der Waals surface area contributed by atoms with Gasteiger partial charge >= 0.3 is 6.03 Å². The molecule has 4 N–H and O–H groups in total. The van der Waals surface area contributed by atoms with Crippen LogP contribution in [0.4, 0.5) is 16.2 Å². The predicted octanol–water partition coefficient (Wildman–Crippen LogP) is 2.90. The number of carbonyl (C=O) groups is 3. The Bertz CT molecular complexity index is 806. The average Bonchev–Trinajstić information content (AvgIpc) is 2.67. The maximum atomic E-state index is 12.3. The van der Waals surface area contributed by atoms with Gasteiger partial charge in [0.1, 0.15) is 0 Å². The van der Waals surface area contributed by atoms with Gasteiger partial charge in [0.25, 0.3) is 5.91 Å². The first-order valence-corrected chi connectivity index (χ1v) is 8.78. The number of anilines is 2. The summed E-state index contributed by atoms with van der Waals surface area (Å²) in [7, 11) is 0. The van der Waals surface area contributed by atoms with Crippen molar-refractivity contribution in [2.75, 3.05) is 23.7 Å². The lowest BCUT2D eigenvalue weighted by Crippen LogP contribution is -2.42. The summed E-state index contributed by atoms with van der Waals surface area (Å²) in [5.41, 5.74) is 2.71. The van der Waals surface area contributed by atoms with E-state index in [1.54, 1.807) is 42.5 Å². The molecule has 0 saturated carbocycles. The third kappa shape index (κ3) is 6.14. The molecule has 0 aromatic heterocycles. The Morgan fingerprint density at radius 3 is 2.33 bits per heavy atom. The fourth-order valence-electron chi connectivity index (χ4n) is 2.38. The minimum Gasteiger partial charge on any atom is -0.376 e. The normalized spacial score (nSPS) is 10.0. The molecule has 27 heavy (non-hydrogen) atoms. The summed E-state index contributed by atoms with van der Waals surface area (Å²) < 4.78 is 0. The number of hydrogen-bond acceptors (Lipinski definition) is 4. The molecule has 0 unspecified atom stereocenters. The van der Waals surface area contributed by atoms with Crippen molar-refractivity contribution in [3.8, 4) is 0 Å². The molecule has 7 nitrogen and oxygen atoms in total. The third-order valence-electron chi connectivity index (χ3n) is 3.85. The molecule has 142 valence electrons. The summed E-state index contributed by atoms with van der Waals surface area (Å²) >= 11 is 0. The van der Waals surface area contributed by atoms with E-state index in [1.807, 2.05) is 19.9 Å². The Kier molecular flexibility index (Phi) is 7.37. The molecule has 0 spiro atoms. The number of carbonyl (C=O) groups excluding carboxylic acids is 3. The fourth-order valence-corrected chi connectivity index (χ4v) is 2.38. The van der Waals surface area contributed by atoms with E-state index in [9.17, 15) is 14.4 Å². The van der Waals surface area contributed by atoms with Crippen LogP contribution in [0.15, 0.2) is 48.5 Å². The van der Waals surface area contributed by atoms with Gasteiger partial charge in [0.05, 0.1) is 6.54 Å². The van der Waals surface area contributed by atoms with E-state index in [2.05, 4.69) is 21.3 Å². The van der Waals surface area contributed by atoms with Gasteiger partial charge in [-0.05, 0) is 43.2 Å². The van der Waals surface area contributed by atoms with Gasteiger partial charge in [0.2, 0.25) is 5.91 Å². The average molecular weight is 368 g/mol. The summed E-state index contributed by atoms with van der Waals surface area (Å²) in [6.45, 7) is 4.22. The largest absolute Gasteiger partial charge is 0.376 e. The van der Waals surface area contributed by atoms with Crippen LogP contribution in [0.1, 0.15) is 29.3 Å². The predicted molar refractivity (Wildman–Crippen MR) is 106 cm³/mol. The Hall–Kier alpha value is -3.35. The zero-order valence-electron chi connectivity index (χ0n) is 15.5. The molecule has 2 rings (SSSR count). The van der Waals surface area contributed by atoms with Crippen molar-refractivity contribution in [2.45, 2.75) is 20.3 Å². The van der Waals surface area contributed by atoms with Gasteiger partial charge in [-0.15, -0.1) is 0 Å². The van der Waals surface area contributed by atoms with Crippen molar-refractivity contribution in [3.63, 3.8) is 0 Å². The van der Waals surface area contributed by atoms with E-state index in [0.29, 0.717) is 23.5 Å². The number of rotatable bonds is 7. The number of imide groups is 1. The van der Waals surface area contributed by atoms with Crippen LogP contribution in [0, 0.1) is 6.92 Å². The highest BCUT2D eigenvalue weighted by atomic mass is 16.2. The van der Waals surface area contributed by atoms with Gasteiger partial charge in [-0.25, -0.2) is 4.79 Å². The quantitative estimate of drug-likeness (QED) is 0.604. The molecule has 2 aromatic rings. The van der Waals surface area contributed by atoms with Gasteiger partial charge in [0, 0.05) is 23.5 Å². The highest BCUT2D eigenvalue weighted by Gasteiger charge is 2.11. The third-order valence-corrected chi connectivity index (χ3v) is 3.85. The summed E-state index contributed by atoms with van der Waals surface area (Å²) in [4.78, 5) is 35.6. The van der Waals surface area contributed by atoms with Crippen molar-refractivity contribution in [1.29, 1.82) is 0 Å². The Morgan fingerprint density at radius 2 is 1.63 bits per heavy atom. The number of benzene rings is 2. The molecular formula is C20H24N4O3. The van der Waals surface area contributed by atoms with Crippen LogP contribution in [-0.2, 0) is 4.79 Å². The van der Waals surface area contributed by atoms with Crippen LogP contribution in [-0.4, -0.2) is 30.9 Å². The van der Waals surface area contributed by atoms with E-state index in [4.69, 9.17) is 0 Å². The lowest BCUT2D eigenvalue weighted by atomic mass is 10.1. The first kappa shape index (κ1) is 20.0. The van der Waals surface area contributed by atoms with Gasteiger partial charge < -0.3 is 16.0 Å². The topological polar surface area (TPSA) is 99.3 Å². The van der Waals surface area contributed by atoms with Crippen LogP contribution in [0.3, 0.4) is 0 Å². The molecule has 0 fully saturated rings. The molecule has 0 saturated heterocycles. The highest BCUT2D eigenvalue weighted by molar-refractivity contribution is 6.05. The molecule has 0 atom stereocenters. The molecule has 0 aliphatic carbocycles. The SMILES string of the molecule is CCCNC(=O)NC(=O)CNc1cccc(NC(=O)c2ccccc2)c1C. The van der Waals surface area contributed by atoms with Crippen LogP contribution in [0.25, 0.3) is 0 Å². The maximum absolute atomic E-state index is 12.3. The molecule has 0 heterocycles. The second kappa shape index (κ2) is 9.96. The lowest BCUT2D eigenvalue weighted by Gasteiger charge is -2.14. The molecule has 0 radical (unpaired) electrons. The molecule has 4 amide bonds. The standard InChI is InChI=1S/C20H24N4O3/c1-3-12-21-20(27)24-18(25)13-22-16-10-7-11-17(14(16)2)23-19(26)15-8-5-4-6-9-15/h4-11,22H,3,12-13H2,1-2H3,(H,23,26)(H2,21,24,25,27). The summed E-state index contributed by atoms with van der Waals surface area (Å²) in [6, 6.07) is 13.8. The Morgan fingerprint density at radius 1 is 0.926 bits per heavy atom. The van der Waals surface area contributed by atoms with Crippen LogP contribution >= 0.6 is 0 Å². The minimum atomic E-state index is -0.510. The Labute approximate surface area is 158 Å². The molecular weight excluding hydrogens is 344 g/mol. The van der Waals surface area contributed by atoms with E-state index < -0.39 is 11.9 Å². The monoisotopic (exact) mass is 368 g/mol. The summed E-state index contributed by atoms with van der Waals surface area (Å²) in [6.07, 6.45) is 0.792. The minimum absolute atomic E-state index is 0.0591. The first-order valence-electron chi connectivity index (χ1n) is 8.78. The van der Waals surface area contributed by atoms with Gasteiger partial charge in [-0.3, -0.25) is 14.9 Å². The van der Waals surface area contributed by atoms with Crippen LogP contribution < -0.4 is 21.3 Å². The number of nitrogens with one attached hydrogen (secondary N) is 4. The van der Waals surface area contributed by atoms with Crippen LogP contribution in [0.5, 0.6) is 0 Å². The van der Waals surface area contributed by atoms with E-state index in [-0.39, 0.29) is 12.5 Å². The van der Waals surface area contributed by atoms with Gasteiger partial charge in [-0.2, -0.15) is 0 Å². The lowest BCUT2D eigenvalue weighted by molar-refractivity contribution is -0.118. The van der Waals surface area contributed by atoms with Crippen molar-refractivity contribution in [1.82, 2.24) is 10.6 Å². The summed E-state index contributed by atoms with van der Waals surface area (Å²) in [5.74, 6) is -0.650. The van der Waals surface area contributed by atoms with Crippen molar-refractivity contribution < 1.29 is 14.4 Å². The molecule has 0 bridgehead atoms. The van der Waals surface area contributed by atoms with Crippen LogP contribution in [0.2, 0.25) is 0 Å². The maximum Gasteiger partial charge on any atom is 0.321 e. The first-order chi connectivity index (χ1) is 13.0. The number of hydrogen-bond donors (Lipinski definition) is 4.